The van der Waals surface area contributed by atoms with Crippen LogP contribution < -0.4 is 4.74 Å². The van der Waals surface area contributed by atoms with Crippen molar-refractivity contribution < 1.29 is 4.74 Å². The molecule has 0 aromatic heterocycles. The quantitative estimate of drug-likeness (QED) is 0.338. The molecule has 2 aromatic rings. The first-order valence-electron chi connectivity index (χ1n) is 11.5. The molecule has 1 saturated carbocycles. The van der Waals surface area contributed by atoms with Gasteiger partial charge < -0.3 is 4.74 Å². The van der Waals surface area contributed by atoms with Gasteiger partial charge in [0.25, 0.3) is 0 Å². The first-order chi connectivity index (χ1) is 14.3. The molecule has 0 atom stereocenters. The predicted molar refractivity (Wildman–Crippen MR) is 123 cm³/mol. The van der Waals surface area contributed by atoms with E-state index in [1.165, 1.54) is 69.8 Å². The highest BCUT2D eigenvalue weighted by molar-refractivity contribution is 5.44. The molecule has 1 aliphatic carbocycles. The maximum absolute atomic E-state index is 5.19. The lowest BCUT2D eigenvalue weighted by atomic mass is 9.78. The van der Waals surface area contributed by atoms with Gasteiger partial charge in [0.05, 0.1) is 7.11 Å². The van der Waals surface area contributed by atoms with Crippen LogP contribution in [0.4, 0.5) is 0 Å². The van der Waals surface area contributed by atoms with E-state index in [4.69, 9.17) is 4.74 Å². The second kappa shape index (κ2) is 11.7. The van der Waals surface area contributed by atoms with Crippen molar-refractivity contribution in [3.8, 4) is 17.6 Å². The number of rotatable bonds is 8. The topological polar surface area (TPSA) is 9.23 Å². The molecule has 0 spiro atoms. The van der Waals surface area contributed by atoms with Crippen LogP contribution in [-0.4, -0.2) is 7.11 Å². The summed E-state index contributed by atoms with van der Waals surface area (Å²) in [4.78, 5) is 0. The molecule has 3 rings (SSSR count). The predicted octanol–water partition coefficient (Wildman–Crippen LogP) is 7.41. The largest absolute Gasteiger partial charge is 0.497 e. The van der Waals surface area contributed by atoms with Crippen molar-refractivity contribution in [3.05, 3.63) is 65.2 Å². The summed E-state index contributed by atoms with van der Waals surface area (Å²) < 4.78 is 5.19. The zero-order valence-electron chi connectivity index (χ0n) is 18.3. The molecule has 0 unspecified atom stereocenters. The Hall–Kier alpha value is -2.20. The van der Waals surface area contributed by atoms with Crippen LogP contribution in [0.15, 0.2) is 48.5 Å². The van der Waals surface area contributed by atoms with Crippen LogP contribution >= 0.6 is 0 Å². The minimum atomic E-state index is 0.866. The van der Waals surface area contributed by atoms with Gasteiger partial charge in [-0.15, -0.1) is 0 Å². The highest BCUT2D eigenvalue weighted by Gasteiger charge is 2.20. The lowest BCUT2D eigenvalue weighted by Crippen LogP contribution is -2.15. The van der Waals surface area contributed by atoms with Crippen LogP contribution in [-0.2, 0) is 6.42 Å². The van der Waals surface area contributed by atoms with Crippen LogP contribution in [0.5, 0.6) is 5.75 Å². The molecule has 154 valence electrons. The summed E-state index contributed by atoms with van der Waals surface area (Å²) in [6.07, 6.45) is 14.1. The molecule has 29 heavy (non-hydrogen) atoms. The van der Waals surface area contributed by atoms with E-state index >= 15 is 0 Å². The van der Waals surface area contributed by atoms with Crippen LogP contribution in [0.1, 0.15) is 81.4 Å². The van der Waals surface area contributed by atoms with Gasteiger partial charge in [0.15, 0.2) is 0 Å². The van der Waals surface area contributed by atoms with E-state index in [1.807, 2.05) is 24.3 Å². The molecule has 0 bridgehead atoms. The molecule has 1 fully saturated rings. The van der Waals surface area contributed by atoms with Crippen LogP contribution in [0.2, 0.25) is 0 Å². The lowest BCUT2D eigenvalue weighted by Gasteiger charge is -2.28. The van der Waals surface area contributed by atoms with E-state index in [0.29, 0.717) is 0 Å². The molecule has 0 radical (unpaired) electrons. The van der Waals surface area contributed by atoms with E-state index < -0.39 is 0 Å². The third-order valence-corrected chi connectivity index (χ3v) is 6.42. The highest BCUT2D eigenvalue weighted by Crippen LogP contribution is 2.34. The second-order valence-corrected chi connectivity index (χ2v) is 8.60. The Morgan fingerprint density at radius 1 is 0.759 bits per heavy atom. The van der Waals surface area contributed by atoms with Gasteiger partial charge in [-0.25, -0.2) is 0 Å². The van der Waals surface area contributed by atoms with Gasteiger partial charge in [-0.2, -0.15) is 0 Å². The fourth-order valence-corrected chi connectivity index (χ4v) is 4.44. The molecule has 0 aliphatic heterocycles. The van der Waals surface area contributed by atoms with Gasteiger partial charge >= 0.3 is 0 Å². The van der Waals surface area contributed by atoms with Crippen molar-refractivity contribution in [1.82, 2.24) is 0 Å². The second-order valence-electron chi connectivity index (χ2n) is 8.60. The Balaban J connectivity index is 1.41. The average molecular weight is 389 g/mol. The summed E-state index contributed by atoms with van der Waals surface area (Å²) in [5, 5.41) is 0. The van der Waals surface area contributed by atoms with Crippen molar-refractivity contribution in [3.63, 3.8) is 0 Å². The fourth-order valence-electron chi connectivity index (χ4n) is 4.44. The van der Waals surface area contributed by atoms with Gasteiger partial charge in [0.1, 0.15) is 5.75 Å². The molecular weight excluding hydrogens is 352 g/mol. The van der Waals surface area contributed by atoms with Crippen molar-refractivity contribution in [2.24, 2.45) is 11.8 Å². The molecular formula is C28H36O. The van der Waals surface area contributed by atoms with Gasteiger partial charge in [0, 0.05) is 11.1 Å². The number of hydrogen-bond donors (Lipinski definition) is 0. The molecule has 2 aromatic carbocycles. The standard InChI is InChI=1S/C28H36O/c1-3-4-5-6-23-7-9-24(10-8-23)11-12-25-13-15-26(16-14-25)17-18-27-19-21-28(29-2)22-20-27/h13-16,19-24H,3-12H2,1-2H3. The summed E-state index contributed by atoms with van der Waals surface area (Å²) in [7, 11) is 1.68. The Morgan fingerprint density at radius 3 is 1.86 bits per heavy atom. The normalized spacial score (nSPS) is 18.7. The molecule has 0 saturated heterocycles. The van der Waals surface area contributed by atoms with E-state index in [-0.39, 0.29) is 0 Å². The fraction of sp³-hybridized carbons (Fsp3) is 0.500. The molecule has 0 N–H and O–H groups in total. The Labute approximate surface area is 177 Å². The number of ether oxygens (including phenoxy) is 1. The number of benzene rings is 2. The summed E-state index contributed by atoms with van der Waals surface area (Å²) in [6.45, 7) is 2.30. The zero-order valence-corrected chi connectivity index (χ0v) is 18.3. The first kappa shape index (κ1) is 21.5. The Bertz CT molecular complexity index is 768. The summed E-state index contributed by atoms with van der Waals surface area (Å²) in [5.74, 6) is 9.32. The van der Waals surface area contributed by atoms with E-state index in [9.17, 15) is 0 Å². The van der Waals surface area contributed by atoms with Crippen LogP contribution in [0.25, 0.3) is 0 Å². The summed E-state index contributed by atoms with van der Waals surface area (Å²) in [6, 6.07) is 16.7. The van der Waals surface area contributed by atoms with Gasteiger partial charge in [-0.3, -0.25) is 0 Å². The Kier molecular flexibility index (Phi) is 8.69. The van der Waals surface area contributed by atoms with Crippen LogP contribution in [0.3, 0.4) is 0 Å². The van der Waals surface area contributed by atoms with E-state index in [2.05, 4.69) is 43.0 Å². The summed E-state index contributed by atoms with van der Waals surface area (Å²) >= 11 is 0. The molecule has 1 aliphatic rings. The molecule has 0 amide bonds. The highest BCUT2D eigenvalue weighted by atomic mass is 16.5. The monoisotopic (exact) mass is 388 g/mol. The summed E-state index contributed by atoms with van der Waals surface area (Å²) in [5.41, 5.74) is 3.54. The van der Waals surface area contributed by atoms with Crippen LogP contribution in [0, 0.1) is 23.7 Å². The maximum Gasteiger partial charge on any atom is 0.118 e. The SMILES string of the molecule is CCCCCC1CCC(CCc2ccc(C#Cc3ccc(OC)cc3)cc2)CC1. The third kappa shape index (κ3) is 7.28. The van der Waals surface area contributed by atoms with Crippen molar-refractivity contribution in [2.75, 3.05) is 7.11 Å². The first-order valence-corrected chi connectivity index (χ1v) is 11.5. The lowest BCUT2D eigenvalue weighted by molar-refractivity contribution is 0.249. The van der Waals surface area contributed by atoms with Gasteiger partial charge in [-0.05, 0) is 66.6 Å². The molecule has 1 nitrogen and oxygen atoms in total. The minimum Gasteiger partial charge on any atom is -0.497 e. The number of hydrogen-bond acceptors (Lipinski definition) is 1. The van der Waals surface area contributed by atoms with Gasteiger partial charge in [-0.1, -0.05) is 82.3 Å². The number of aryl methyl sites for hydroxylation is 1. The van der Waals surface area contributed by atoms with Crippen molar-refractivity contribution in [2.45, 2.75) is 71.1 Å². The van der Waals surface area contributed by atoms with Crippen molar-refractivity contribution >= 4 is 0 Å². The van der Waals surface area contributed by atoms with Crippen molar-refractivity contribution in [1.29, 1.82) is 0 Å². The number of methoxy groups -OCH3 is 1. The van der Waals surface area contributed by atoms with E-state index in [0.717, 1.165) is 28.7 Å². The molecule has 0 heterocycles. The third-order valence-electron chi connectivity index (χ3n) is 6.42. The Morgan fingerprint density at radius 2 is 1.31 bits per heavy atom. The molecule has 1 heteroatoms. The van der Waals surface area contributed by atoms with E-state index in [1.54, 1.807) is 7.11 Å². The maximum atomic E-state index is 5.19. The number of unbranched alkanes of at least 4 members (excludes halogenated alkanes) is 2. The average Bonchev–Trinajstić information content (AvgIpc) is 2.78. The smallest absolute Gasteiger partial charge is 0.118 e. The minimum absolute atomic E-state index is 0.866. The van der Waals surface area contributed by atoms with Gasteiger partial charge in [0.2, 0.25) is 0 Å². The zero-order chi connectivity index (χ0) is 20.3.